The lowest BCUT2D eigenvalue weighted by molar-refractivity contribution is -0.148. The summed E-state index contributed by atoms with van der Waals surface area (Å²) >= 11 is 0. The molecule has 2 fully saturated rings. The van der Waals surface area contributed by atoms with E-state index in [4.69, 9.17) is 9.47 Å². The lowest BCUT2D eigenvalue weighted by Crippen LogP contribution is -2.48. The molecule has 2 aliphatic heterocycles. The minimum atomic E-state index is -0.0830. The molecule has 0 aromatic heterocycles. The van der Waals surface area contributed by atoms with Crippen LogP contribution in [0.25, 0.3) is 0 Å². The van der Waals surface area contributed by atoms with Crippen molar-refractivity contribution in [3.63, 3.8) is 0 Å². The molecule has 2 saturated heterocycles. The Morgan fingerprint density at radius 1 is 1.38 bits per heavy atom. The van der Waals surface area contributed by atoms with Gasteiger partial charge in [-0.25, -0.2) is 0 Å². The van der Waals surface area contributed by atoms with Crippen LogP contribution in [0.15, 0.2) is 0 Å². The summed E-state index contributed by atoms with van der Waals surface area (Å²) in [5.41, 5.74) is 0. The highest BCUT2D eigenvalue weighted by Crippen LogP contribution is 2.19. The van der Waals surface area contributed by atoms with E-state index in [1.807, 2.05) is 4.90 Å². The zero-order chi connectivity index (χ0) is 15.1. The third-order valence-corrected chi connectivity index (χ3v) is 4.26. The van der Waals surface area contributed by atoms with Gasteiger partial charge in [-0.1, -0.05) is 6.42 Å². The van der Waals surface area contributed by atoms with Crippen molar-refractivity contribution in [1.82, 2.24) is 9.80 Å². The minimum absolute atomic E-state index is 0.0644. The number of hydrogen-bond donors (Lipinski definition) is 0. The summed E-state index contributed by atoms with van der Waals surface area (Å²) in [6.45, 7) is 3.68. The molecule has 0 aliphatic carbocycles. The van der Waals surface area contributed by atoms with Crippen LogP contribution in [0.3, 0.4) is 0 Å². The molecule has 0 unspecified atom stereocenters. The third-order valence-electron chi connectivity index (χ3n) is 4.26. The van der Waals surface area contributed by atoms with Crippen LogP contribution in [0.5, 0.6) is 0 Å². The van der Waals surface area contributed by atoms with Crippen LogP contribution in [-0.2, 0) is 19.1 Å². The second-order valence-corrected chi connectivity index (χ2v) is 5.85. The van der Waals surface area contributed by atoms with E-state index in [1.165, 1.54) is 0 Å². The number of amides is 2. The number of nitrogens with zero attached hydrogens (tertiary/aromatic N) is 2. The monoisotopic (exact) mass is 298 g/mol. The number of morpholine rings is 1. The summed E-state index contributed by atoms with van der Waals surface area (Å²) in [4.78, 5) is 27.7. The summed E-state index contributed by atoms with van der Waals surface area (Å²) in [6, 6.07) is 0. The van der Waals surface area contributed by atoms with Crippen LogP contribution in [0, 0.1) is 5.92 Å². The Kier molecular flexibility index (Phi) is 6.45. The highest BCUT2D eigenvalue weighted by Gasteiger charge is 2.26. The first-order valence-electron chi connectivity index (χ1n) is 7.83. The number of likely N-dealkylation sites (tertiary alicyclic amines) is 1. The normalized spacial score (nSPS) is 24.0. The SMILES string of the molecule is COCC[C@@H]1CCCCN(C(=O)CN2CCOCC2=O)C1. The van der Waals surface area contributed by atoms with E-state index in [2.05, 4.69) is 0 Å². The molecule has 0 radical (unpaired) electrons. The number of carbonyl (C=O) groups excluding carboxylic acids is 2. The Morgan fingerprint density at radius 3 is 3.00 bits per heavy atom. The third kappa shape index (κ3) is 4.97. The number of hydrogen-bond acceptors (Lipinski definition) is 4. The van der Waals surface area contributed by atoms with E-state index in [0.717, 1.165) is 45.4 Å². The van der Waals surface area contributed by atoms with Crippen molar-refractivity contribution in [3.05, 3.63) is 0 Å². The molecule has 1 atom stereocenters. The first kappa shape index (κ1) is 16.2. The average molecular weight is 298 g/mol. The topological polar surface area (TPSA) is 59.1 Å². The van der Waals surface area contributed by atoms with Gasteiger partial charge in [0.15, 0.2) is 0 Å². The first-order valence-corrected chi connectivity index (χ1v) is 7.83. The molecule has 0 bridgehead atoms. The number of carbonyl (C=O) groups is 2. The van der Waals surface area contributed by atoms with Gasteiger partial charge >= 0.3 is 0 Å². The van der Waals surface area contributed by atoms with Crippen LogP contribution < -0.4 is 0 Å². The Morgan fingerprint density at radius 2 is 2.24 bits per heavy atom. The van der Waals surface area contributed by atoms with Crippen LogP contribution >= 0.6 is 0 Å². The standard InChI is InChI=1S/C15H26N2O4/c1-20-8-5-13-4-2-3-6-16(10-13)14(18)11-17-7-9-21-12-15(17)19/h13H,2-12H2,1H3/t13-/m0/s1. The van der Waals surface area contributed by atoms with E-state index in [1.54, 1.807) is 12.0 Å². The first-order chi connectivity index (χ1) is 10.2. The summed E-state index contributed by atoms with van der Waals surface area (Å²) in [6.07, 6.45) is 4.36. The van der Waals surface area contributed by atoms with Crippen molar-refractivity contribution >= 4 is 11.8 Å². The highest BCUT2D eigenvalue weighted by molar-refractivity contribution is 5.85. The molecule has 0 saturated carbocycles. The fourth-order valence-electron chi connectivity index (χ4n) is 2.96. The van der Waals surface area contributed by atoms with E-state index in [-0.39, 0.29) is 25.0 Å². The van der Waals surface area contributed by atoms with Crippen LogP contribution in [0.4, 0.5) is 0 Å². The maximum Gasteiger partial charge on any atom is 0.249 e. The van der Waals surface area contributed by atoms with Gasteiger partial charge in [0.2, 0.25) is 11.8 Å². The lowest BCUT2D eigenvalue weighted by atomic mass is 10.00. The van der Waals surface area contributed by atoms with E-state index in [0.29, 0.717) is 19.1 Å². The lowest BCUT2D eigenvalue weighted by Gasteiger charge is -2.30. The Balaban J connectivity index is 1.85. The van der Waals surface area contributed by atoms with Crippen molar-refractivity contribution in [2.75, 3.05) is 53.1 Å². The molecule has 0 aromatic rings. The van der Waals surface area contributed by atoms with Gasteiger partial charge in [0.25, 0.3) is 0 Å². The molecule has 120 valence electrons. The molecule has 2 rings (SSSR count). The molecule has 2 aliphatic rings. The van der Waals surface area contributed by atoms with E-state index < -0.39 is 0 Å². The number of rotatable bonds is 5. The molecule has 2 amide bonds. The van der Waals surface area contributed by atoms with Crippen molar-refractivity contribution in [2.24, 2.45) is 5.92 Å². The van der Waals surface area contributed by atoms with E-state index in [9.17, 15) is 9.59 Å². The smallest absolute Gasteiger partial charge is 0.249 e. The van der Waals surface area contributed by atoms with Crippen LogP contribution in [0.1, 0.15) is 25.7 Å². The van der Waals surface area contributed by atoms with Gasteiger partial charge in [-0.15, -0.1) is 0 Å². The summed E-state index contributed by atoms with van der Waals surface area (Å²) in [5.74, 6) is 0.492. The highest BCUT2D eigenvalue weighted by atomic mass is 16.5. The fraction of sp³-hybridized carbons (Fsp3) is 0.867. The Bertz CT molecular complexity index is 362. The predicted octanol–water partition coefficient (Wildman–Crippen LogP) is 0.510. The molecule has 0 N–H and O–H groups in total. The van der Waals surface area contributed by atoms with Gasteiger partial charge in [0.1, 0.15) is 6.61 Å². The zero-order valence-corrected chi connectivity index (χ0v) is 12.9. The molecular formula is C15H26N2O4. The van der Waals surface area contributed by atoms with Crippen molar-refractivity contribution < 1.29 is 19.1 Å². The van der Waals surface area contributed by atoms with Gasteiger partial charge in [0, 0.05) is 33.4 Å². The Labute approximate surface area is 126 Å². The summed E-state index contributed by atoms with van der Waals surface area (Å²) in [5, 5.41) is 0. The second-order valence-electron chi connectivity index (χ2n) is 5.85. The van der Waals surface area contributed by atoms with Gasteiger partial charge in [-0.3, -0.25) is 9.59 Å². The molecule has 21 heavy (non-hydrogen) atoms. The molecule has 2 heterocycles. The molecule has 0 spiro atoms. The molecule has 6 heteroatoms. The maximum absolute atomic E-state index is 12.4. The predicted molar refractivity (Wildman–Crippen MR) is 77.8 cm³/mol. The van der Waals surface area contributed by atoms with Crippen LogP contribution in [-0.4, -0.2) is 74.7 Å². The van der Waals surface area contributed by atoms with Crippen molar-refractivity contribution in [2.45, 2.75) is 25.7 Å². The molecule has 0 aromatic carbocycles. The molecular weight excluding hydrogens is 272 g/mol. The fourth-order valence-corrected chi connectivity index (χ4v) is 2.96. The minimum Gasteiger partial charge on any atom is -0.385 e. The largest absolute Gasteiger partial charge is 0.385 e. The van der Waals surface area contributed by atoms with Gasteiger partial charge in [-0.2, -0.15) is 0 Å². The van der Waals surface area contributed by atoms with Gasteiger partial charge in [0.05, 0.1) is 13.2 Å². The second kappa shape index (κ2) is 8.34. The number of ether oxygens (including phenoxy) is 2. The zero-order valence-electron chi connectivity index (χ0n) is 12.9. The van der Waals surface area contributed by atoms with Crippen molar-refractivity contribution in [1.29, 1.82) is 0 Å². The molecule has 6 nitrogen and oxygen atoms in total. The summed E-state index contributed by atoms with van der Waals surface area (Å²) < 4.78 is 10.2. The van der Waals surface area contributed by atoms with Crippen molar-refractivity contribution in [3.8, 4) is 0 Å². The van der Waals surface area contributed by atoms with Gasteiger partial charge in [-0.05, 0) is 25.2 Å². The summed E-state index contributed by atoms with van der Waals surface area (Å²) in [7, 11) is 1.71. The number of methoxy groups -OCH3 is 1. The van der Waals surface area contributed by atoms with Gasteiger partial charge < -0.3 is 19.3 Å². The Hall–Kier alpha value is -1.14. The van der Waals surface area contributed by atoms with E-state index >= 15 is 0 Å². The maximum atomic E-state index is 12.4. The quantitative estimate of drug-likeness (QED) is 0.742. The average Bonchev–Trinajstić information content (AvgIpc) is 2.73. The van der Waals surface area contributed by atoms with Crippen LogP contribution in [0.2, 0.25) is 0 Å².